The lowest BCUT2D eigenvalue weighted by Gasteiger charge is -2.33. The maximum Gasteiger partial charge on any atom is 0.237 e. The number of carbonyl (C=O) groups is 1. The largest absolute Gasteiger partial charge is 0.353 e. The van der Waals surface area contributed by atoms with Gasteiger partial charge in [0, 0.05) is 12.1 Å². The van der Waals surface area contributed by atoms with Gasteiger partial charge in [-0.15, -0.1) is 0 Å². The molecule has 18 heavy (non-hydrogen) atoms. The van der Waals surface area contributed by atoms with E-state index in [1.165, 1.54) is 25.7 Å². The first-order valence-electron chi connectivity index (χ1n) is 7.46. The zero-order valence-electron chi connectivity index (χ0n) is 12.6. The molecule has 0 radical (unpaired) electrons. The van der Waals surface area contributed by atoms with Gasteiger partial charge in [0.25, 0.3) is 0 Å². The van der Waals surface area contributed by atoms with Gasteiger partial charge >= 0.3 is 0 Å². The van der Waals surface area contributed by atoms with Crippen molar-refractivity contribution < 1.29 is 4.79 Å². The molecule has 0 spiro atoms. The molecular formula is C15H30N2O. The third-order valence-corrected chi connectivity index (χ3v) is 3.97. The standard InChI is InChI=1S/C15H30N2O/c1-10(2)13-7-6-8-14(9-13)17-12(5)15(18)16-11(3)4/h10-14,17H,6-9H2,1-5H3,(H,16,18). The molecule has 0 bridgehead atoms. The van der Waals surface area contributed by atoms with Crippen LogP contribution in [0, 0.1) is 11.8 Å². The Kier molecular flexibility index (Phi) is 6.13. The smallest absolute Gasteiger partial charge is 0.237 e. The molecule has 0 aromatic heterocycles. The van der Waals surface area contributed by atoms with Crippen LogP contribution >= 0.6 is 0 Å². The molecule has 0 aliphatic heterocycles. The van der Waals surface area contributed by atoms with Crippen LogP contribution in [0.1, 0.15) is 60.3 Å². The second-order valence-electron chi connectivity index (χ2n) is 6.42. The topological polar surface area (TPSA) is 41.1 Å². The minimum absolute atomic E-state index is 0.0803. The van der Waals surface area contributed by atoms with E-state index in [-0.39, 0.29) is 18.0 Å². The summed E-state index contributed by atoms with van der Waals surface area (Å²) in [6, 6.07) is 0.652. The maximum atomic E-state index is 11.9. The zero-order chi connectivity index (χ0) is 13.7. The average Bonchev–Trinajstić information content (AvgIpc) is 2.28. The summed E-state index contributed by atoms with van der Waals surface area (Å²) in [6.07, 6.45) is 5.07. The Morgan fingerprint density at radius 3 is 2.33 bits per heavy atom. The molecular weight excluding hydrogens is 224 g/mol. The van der Waals surface area contributed by atoms with Gasteiger partial charge < -0.3 is 10.6 Å². The number of hydrogen-bond acceptors (Lipinski definition) is 2. The second kappa shape index (κ2) is 7.13. The van der Waals surface area contributed by atoms with E-state index in [2.05, 4.69) is 24.5 Å². The molecule has 0 saturated heterocycles. The lowest BCUT2D eigenvalue weighted by molar-refractivity contribution is -0.123. The Bertz CT molecular complexity index is 263. The molecule has 0 aromatic carbocycles. The van der Waals surface area contributed by atoms with Gasteiger partial charge in [-0.2, -0.15) is 0 Å². The third-order valence-electron chi connectivity index (χ3n) is 3.97. The van der Waals surface area contributed by atoms with Crippen molar-refractivity contribution in [1.29, 1.82) is 0 Å². The molecule has 2 N–H and O–H groups in total. The summed E-state index contributed by atoms with van der Waals surface area (Å²) in [5.41, 5.74) is 0. The number of hydrogen-bond donors (Lipinski definition) is 2. The van der Waals surface area contributed by atoms with Gasteiger partial charge in [0.2, 0.25) is 5.91 Å². The first-order valence-corrected chi connectivity index (χ1v) is 7.46. The average molecular weight is 254 g/mol. The summed E-state index contributed by atoms with van der Waals surface area (Å²) in [6.45, 7) is 10.6. The van der Waals surface area contributed by atoms with Crippen molar-refractivity contribution in [3.8, 4) is 0 Å². The monoisotopic (exact) mass is 254 g/mol. The van der Waals surface area contributed by atoms with Gasteiger partial charge in [0.15, 0.2) is 0 Å². The molecule has 1 aliphatic carbocycles. The summed E-state index contributed by atoms with van der Waals surface area (Å²) in [7, 11) is 0. The summed E-state index contributed by atoms with van der Waals surface area (Å²) in [4.78, 5) is 11.9. The van der Waals surface area contributed by atoms with E-state index in [4.69, 9.17) is 0 Å². The molecule has 3 atom stereocenters. The molecule has 1 rings (SSSR count). The molecule has 0 aromatic rings. The van der Waals surface area contributed by atoms with E-state index in [0.29, 0.717) is 6.04 Å². The van der Waals surface area contributed by atoms with Crippen LogP contribution in [-0.4, -0.2) is 24.0 Å². The van der Waals surface area contributed by atoms with Crippen molar-refractivity contribution in [3.05, 3.63) is 0 Å². The van der Waals surface area contributed by atoms with Crippen molar-refractivity contribution in [3.63, 3.8) is 0 Å². The van der Waals surface area contributed by atoms with E-state index in [9.17, 15) is 4.79 Å². The van der Waals surface area contributed by atoms with Crippen molar-refractivity contribution in [2.45, 2.75) is 78.4 Å². The van der Waals surface area contributed by atoms with E-state index in [1.54, 1.807) is 0 Å². The number of amides is 1. The Labute approximate surface area is 112 Å². The predicted molar refractivity (Wildman–Crippen MR) is 76.5 cm³/mol. The van der Waals surface area contributed by atoms with Crippen LogP contribution in [0.3, 0.4) is 0 Å². The lowest BCUT2D eigenvalue weighted by Crippen LogP contribution is -2.49. The normalized spacial score (nSPS) is 26.4. The minimum Gasteiger partial charge on any atom is -0.353 e. The van der Waals surface area contributed by atoms with Crippen LogP contribution < -0.4 is 10.6 Å². The third kappa shape index (κ3) is 4.97. The molecule has 1 aliphatic rings. The van der Waals surface area contributed by atoms with E-state index >= 15 is 0 Å². The summed E-state index contributed by atoms with van der Waals surface area (Å²) >= 11 is 0. The zero-order valence-corrected chi connectivity index (χ0v) is 12.6. The van der Waals surface area contributed by atoms with E-state index in [0.717, 1.165) is 11.8 Å². The summed E-state index contributed by atoms with van der Waals surface area (Å²) in [5, 5.41) is 6.46. The molecule has 1 amide bonds. The second-order valence-corrected chi connectivity index (χ2v) is 6.42. The van der Waals surface area contributed by atoms with Gasteiger partial charge in [0.1, 0.15) is 0 Å². The highest BCUT2D eigenvalue weighted by Gasteiger charge is 2.26. The lowest BCUT2D eigenvalue weighted by atomic mass is 9.79. The SMILES string of the molecule is CC(C)NC(=O)C(C)NC1CCCC(C(C)C)C1. The maximum absolute atomic E-state index is 11.9. The van der Waals surface area contributed by atoms with E-state index < -0.39 is 0 Å². The van der Waals surface area contributed by atoms with Crippen LogP contribution in [0.5, 0.6) is 0 Å². The van der Waals surface area contributed by atoms with Crippen molar-refractivity contribution >= 4 is 5.91 Å². The molecule has 0 heterocycles. The van der Waals surface area contributed by atoms with Gasteiger partial charge in [-0.3, -0.25) is 4.79 Å². The minimum atomic E-state index is -0.0803. The predicted octanol–water partition coefficient (Wildman–Crippen LogP) is 2.70. The Hall–Kier alpha value is -0.570. The van der Waals surface area contributed by atoms with Gasteiger partial charge in [0.05, 0.1) is 6.04 Å². The Balaban J connectivity index is 2.39. The first-order chi connectivity index (χ1) is 8.40. The highest BCUT2D eigenvalue weighted by molar-refractivity contribution is 5.81. The van der Waals surface area contributed by atoms with Crippen LogP contribution in [0.25, 0.3) is 0 Å². The summed E-state index contributed by atoms with van der Waals surface area (Å²) in [5.74, 6) is 1.70. The number of nitrogens with one attached hydrogen (secondary N) is 2. The van der Waals surface area contributed by atoms with Crippen LogP contribution in [0.4, 0.5) is 0 Å². The fourth-order valence-electron chi connectivity index (χ4n) is 2.82. The molecule has 3 unspecified atom stereocenters. The summed E-state index contributed by atoms with van der Waals surface area (Å²) < 4.78 is 0. The van der Waals surface area contributed by atoms with Crippen molar-refractivity contribution in [2.24, 2.45) is 11.8 Å². The molecule has 3 heteroatoms. The Morgan fingerprint density at radius 1 is 1.11 bits per heavy atom. The van der Waals surface area contributed by atoms with Gasteiger partial charge in [-0.25, -0.2) is 0 Å². The fourth-order valence-corrected chi connectivity index (χ4v) is 2.82. The Morgan fingerprint density at radius 2 is 1.78 bits per heavy atom. The molecule has 106 valence electrons. The molecule has 3 nitrogen and oxygen atoms in total. The van der Waals surface area contributed by atoms with Crippen LogP contribution in [-0.2, 0) is 4.79 Å². The van der Waals surface area contributed by atoms with Crippen LogP contribution in [0.15, 0.2) is 0 Å². The highest BCUT2D eigenvalue weighted by atomic mass is 16.2. The first kappa shape index (κ1) is 15.5. The van der Waals surface area contributed by atoms with Crippen LogP contribution in [0.2, 0.25) is 0 Å². The highest BCUT2D eigenvalue weighted by Crippen LogP contribution is 2.30. The quantitative estimate of drug-likeness (QED) is 0.792. The van der Waals surface area contributed by atoms with Crippen molar-refractivity contribution in [1.82, 2.24) is 10.6 Å². The molecule has 1 saturated carbocycles. The van der Waals surface area contributed by atoms with Gasteiger partial charge in [-0.05, 0) is 45.4 Å². The van der Waals surface area contributed by atoms with E-state index in [1.807, 2.05) is 20.8 Å². The van der Waals surface area contributed by atoms with Crippen molar-refractivity contribution in [2.75, 3.05) is 0 Å². The fraction of sp³-hybridized carbons (Fsp3) is 0.933. The number of rotatable bonds is 5. The molecule has 1 fully saturated rings. The van der Waals surface area contributed by atoms with Gasteiger partial charge in [-0.1, -0.05) is 26.7 Å². The number of carbonyl (C=O) groups excluding carboxylic acids is 1.